The van der Waals surface area contributed by atoms with Crippen LogP contribution in [0.5, 0.6) is 0 Å². The van der Waals surface area contributed by atoms with Crippen molar-refractivity contribution in [3.8, 4) is 0 Å². The molecule has 0 saturated heterocycles. The predicted molar refractivity (Wildman–Crippen MR) is 143 cm³/mol. The van der Waals surface area contributed by atoms with Gasteiger partial charge in [0.05, 0.1) is 27.2 Å². The predicted octanol–water partition coefficient (Wildman–Crippen LogP) is 6.79. The number of phosphoric ester groups is 1. The van der Waals surface area contributed by atoms with Gasteiger partial charge in [-0.05, 0) is 12.7 Å². The summed E-state index contributed by atoms with van der Waals surface area (Å²) in [4.78, 5) is 18.6. The Hall–Kier alpha value is 0.380. The van der Waals surface area contributed by atoms with Crippen LogP contribution in [0.1, 0.15) is 103 Å². The Labute approximate surface area is 209 Å². The van der Waals surface area contributed by atoms with Crippen LogP contribution in [-0.2, 0) is 13.8 Å². The van der Waals surface area contributed by atoms with Crippen molar-refractivity contribution in [1.82, 2.24) is 0 Å². The maximum Gasteiger partial charge on any atom is 0.470 e. The number of nitrogens with zero attached hydrogens (tertiary/aromatic N) is 1. The SMILES string of the molecule is CCCCCCCCCCCCCCCCOC(CSC)CC(C[N+](C)(C)C)OP(=O)(O)O. The van der Waals surface area contributed by atoms with E-state index in [0.29, 0.717) is 24.1 Å². The van der Waals surface area contributed by atoms with Crippen molar-refractivity contribution in [3.63, 3.8) is 0 Å². The molecular weight excluding hydrogens is 457 g/mol. The van der Waals surface area contributed by atoms with Gasteiger partial charge in [-0.15, -0.1) is 0 Å². The van der Waals surface area contributed by atoms with Crippen LogP contribution in [0.4, 0.5) is 0 Å². The standard InChI is InChI=1S/C25H54NO5PS/c1-6-7-8-9-10-11-12-13-14-15-16-17-18-19-20-30-25(23-33-5)21-24(22-26(2,3)4)31-32(27,28)29/h24-25H,6-23H2,1-5H3,(H-,27,28,29)/p+1. The third kappa shape index (κ3) is 25.3. The van der Waals surface area contributed by atoms with E-state index < -0.39 is 13.9 Å². The smallest absolute Gasteiger partial charge is 0.377 e. The average Bonchev–Trinajstić information content (AvgIpc) is 2.68. The van der Waals surface area contributed by atoms with Gasteiger partial charge in [0.15, 0.2) is 0 Å². The number of hydrogen-bond donors (Lipinski definition) is 2. The molecule has 0 aliphatic heterocycles. The molecule has 200 valence electrons. The molecule has 33 heavy (non-hydrogen) atoms. The summed E-state index contributed by atoms with van der Waals surface area (Å²) >= 11 is 1.70. The zero-order chi connectivity index (χ0) is 25.0. The van der Waals surface area contributed by atoms with E-state index in [1.54, 1.807) is 11.8 Å². The molecular formula is C25H55NO5PS+. The zero-order valence-corrected chi connectivity index (χ0v) is 24.0. The lowest BCUT2D eigenvalue weighted by Crippen LogP contribution is -2.43. The highest BCUT2D eigenvalue weighted by molar-refractivity contribution is 7.98. The van der Waals surface area contributed by atoms with Crippen LogP contribution in [0, 0.1) is 0 Å². The average molecular weight is 513 g/mol. The molecule has 0 amide bonds. The monoisotopic (exact) mass is 512 g/mol. The number of hydrogen-bond acceptors (Lipinski definition) is 4. The molecule has 2 N–H and O–H groups in total. The molecule has 0 radical (unpaired) electrons. The minimum Gasteiger partial charge on any atom is -0.377 e. The van der Waals surface area contributed by atoms with Gasteiger partial charge in [0.25, 0.3) is 0 Å². The Bertz CT molecular complexity index is 484. The van der Waals surface area contributed by atoms with Gasteiger partial charge in [-0.2, -0.15) is 11.8 Å². The summed E-state index contributed by atoms with van der Waals surface area (Å²) in [7, 11) is 1.47. The highest BCUT2D eigenvalue weighted by Crippen LogP contribution is 2.39. The zero-order valence-electron chi connectivity index (χ0n) is 22.3. The van der Waals surface area contributed by atoms with Crippen molar-refractivity contribution in [2.45, 2.75) is 115 Å². The first-order valence-corrected chi connectivity index (χ1v) is 16.1. The molecule has 0 aromatic rings. The lowest BCUT2D eigenvalue weighted by Gasteiger charge is -2.31. The van der Waals surface area contributed by atoms with Crippen LogP contribution < -0.4 is 0 Å². The fraction of sp³-hybridized carbons (Fsp3) is 1.00. The Balaban J connectivity index is 3.91. The van der Waals surface area contributed by atoms with Crippen LogP contribution in [0.2, 0.25) is 0 Å². The Morgan fingerprint density at radius 3 is 1.64 bits per heavy atom. The van der Waals surface area contributed by atoms with E-state index >= 15 is 0 Å². The van der Waals surface area contributed by atoms with Crippen molar-refractivity contribution in [2.24, 2.45) is 0 Å². The lowest BCUT2D eigenvalue weighted by molar-refractivity contribution is -0.873. The first kappa shape index (κ1) is 33.4. The summed E-state index contributed by atoms with van der Waals surface area (Å²) in [5, 5.41) is 0. The summed E-state index contributed by atoms with van der Waals surface area (Å²) in [5.74, 6) is 0.802. The van der Waals surface area contributed by atoms with Gasteiger partial charge in [-0.3, -0.25) is 4.52 Å². The molecule has 0 spiro atoms. The van der Waals surface area contributed by atoms with E-state index in [2.05, 4.69) is 6.92 Å². The summed E-state index contributed by atoms with van der Waals surface area (Å²) < 4.78 is 23.1. The van der Waals surface area contributed by atoms with E-state index in [0.717, 1.165) is 12.2 Å². The van der Waals surface area contributed by atoms with Gasteiger partial charge < -0.3 is 19.0 Å². The molecule has 8 heteroatoms. The molecule has 0 aromatic carbocycles. The van der Waals surface area contributed by atoms with E-state index in [-0.39, 0.29) is 6.10 Å². The van der Waals surface area contributed by atoms with Crippen LogP contribution in [0.3, 0.4) is 0 Å². The van der Waals surface area contributed by atoms with Crippen molar-refractivity contribution < 1.29 is 28.1 Å². The Kier molecular flexibility index (Phi) is 20.8. The Morgan fingerprint density at radius 1 is 0.788 bits per heavy atom. The Morgan fingerprint density at radius 2 is 1.24 bits per heavy atom. The molecule has 0 aliphatic rings. The topological polar surface area (TPSA) is 76.0 Å². The van der Waals surface area contributed by atoms with Crippen molar-refractivity contribution in [3.05, 3.63) is 0 Å². The summed E-state index contributed by atoms with van der Waals surface area (Å²) in [5.41, 5.74) is 0. The van der Waals surface area contributed by atoms with Crippen molar-refractivity contribution in [1.29, 1.82) is 0 Å². The fourth-order valence-corrected chi connectivity index (χ4v) is 5.31. The van der Waals surface area contributed by atoms with Crippen molar-refractivity contribution in [2.75, 3.05) is 46.3 Å². The quantitative estimate of drug-likeness (QED) is 0.0842. The number of unbranched alkanes of at least 4 members (excludes halogenated alkanes) is 13. The van der Waals surface area contributed by atoms with Gasteiger partial charge >= 0.3 is 7.82 Å². The van der Waals surface area contributed by atoms with Gasteiger partial charge in [-0.1, -0.05) is 90.4 Å². The van der Waals surface area contributed by atoms with Gasteiger partial charge in [0, 0.05) is 18.8 Å². The van der Waals surface area contributed by atoms with Crippen LogP contribution in [0.25, 0.3) is 0 Å². The summed E-state index contributed by atoms with van der Waals surface area (Å²) in [6, 6.07) is 0. The van der Waals surface area contributed by atoms with E-state index in [9.17, 15) is 14.4 Å². The number of likely N-dealkylation sites (N-methyl/N-ethyl adjacent to an activating group) is 1. The van der Waals surface area contributed by atoms with Crippen LogP contribution >= 0.6 is 19.6 Å². The van der Waals surface area contributed by atoms with Crippen LogP contribution in [0.15, 0.2) is 0 Å². The number of ether oxygens (including phenoxy) is 1. The van der Waals surface area contributed by atoms with Gasteiger partial charge in [0.2, 0.25) is 0 Å². The second kappa shape index (κ2) is 20.6. The molecule has 2 atom stereocenters. The normalized spacial score (nSPS) is 14.5. The highest BCUT2D eigenvalue weighted by atomic mass is 32.2. The minimum atomic E-state index is -4.52. The lowest BCUT2D eigenvalue weighted by atomic mass is 10.0. The maximum absolute atomic E-state index is 11.4. The first-order valence-electron chi connectivity index (χ1n) is 13.2. The molecule has 0 rings (SSSR count). The van der Waals surface area contributed by atoms with Gasteiger partial charge in [0.1, 0.15) is 12.6 Å². The number of rotatable bonds is 24. The van der Waals surface area contributed by atoms with Crippen LogP contribution in [-0.4, -0.2) is 72.8 Å². The minimum absolute atomic E-state index is 0.0509. The molecule has 0 fully saturated rings. The first-order chi connectivity index (χ1) is 15.6. The van der Waals surface area contributed by atoms with E-state index in [4.69, 9.17) is 9.26 Å². The van der Waals surface area contributed by atoms with E-state index in [1.165, 1.54) is 83.5 Å². The third-order valence-corrected chi connectivity index (χ3v) is 7.05. The van der Waals surface area contributed by atoms with Gasteiger partial charge in [-0.25, -0.2) is 4.57 Å². The fourth-order valence-electron chi connectivity index (χ4n) is 4.17. The molecule has 6 nitrogen and oxygen atoms in total. The number of thioether (sulfide) groups is 1. The largest absolute Gasteiger partial charge is 0.470 e. The molecule has 0 saturated carbocycles. The molecule has 0 bridgehead atoms. The van der Waals surface area contributed by atoms with Crippen molar-refractivity contribution >= 4 is 19.6 Å². The third-order valence-electron chi connectivity index (χ3n) is 5.77. The summed E-state index contributed by atoms with van der Waals surface area (Å²) in [6.07, 6.45) is 20.6. The summed E-state index contributed by atoms with van der Waals surface area (Å²) in [6.45, 7) is 3.50. The number of phosphoric acid groups is 1. The maximum atomic E-state index is 11.4. The van der Waals surface area contributed by atoms with E-state index in [1.807, 2.05) is 27.4 Å². The molecule has 0 aromatic heterocycles. The second-order valence-electron chi connectivity index (χ2n) is 10.5. The molecule has 2 unspecified atom stereocenters. The molecule has 0 heterocycles. The highest BCUT2D eigenvalue weighted by Gasteiger charge is 2.29. The molecule has 0 aliphatic carbocycles. The second-order valence-corrected chi connectivity index (χ2v) is 12.6. The number of quaternary nitrogens is 1.